The highest BCUT2D eigenvalue weighted by Gasteiger charge is 2.10. The number of benzene rings is 2. The molecule has 2 aromatic carbocycles. The van der Waals surface area contributed by atoms with Gasteiger partial charge in [-0.3, -0.25) is 9.59 Å². The summed E-state index contributed by atoms with van der Waals surface area (Å²) < 4.78 is 0. The molecule has 2 aromatic rings. The van der Waals surface area contributed by atoms with Gasteiger partial charge >= 0.3 is 0 Å². The van der Waals surface area contributed by atoms with Gasteiger partial charge in [0.25, 0.3) is 0 Å². The summed E-state index contributed by atoms with van der Waals surface area (Å²) in [6.45, 7) is 5.75. The van der Waals surface area contributed by atoms with E-state index in [0.29, 0.717) is 15.7 Å². The van der Waals surface area contributed by atoms with Crippen LogP contribution in [-0.2, 0) is 9.59 Å². The van der Waals surface area contributed by atoms with Crippen LogP contribution in [0.5, 0.6) is 0 Å². The number of nitrogens with one attached hydrogen (secondary N) is 3. The number of carbonyl (C=O) groups is 2. The maximum absolute atomic E-state index is 12.1. The van der Waals surface area contributed by atoms with Gasteiger partial charge in [-0.2, -0.15) is 0 Å². The van der Waals surface area contributed by atoms with E-state index in [0.717, 1.165) is 22.4 Å². The van der Waals surface area contributed by atoms with Crippen LogP contribution in [0.1, 0.15) is 16.7 Å². The number of hydrogen-bond donors (Lipinski definition) is 3. The topological polar surface area (TPSA) is 70.2 Å². The van der Waals surface area contributed by atoms with Gasteiger partial charge in [-0.1, -0.05) is 47.0 Å². The standard InChI is InChI=1S/C19H21Cl2N3O2/c1-11-7-12(2)19(13(3)8-11)24-17(26)10-23-16(25)9-22-15-6-4-5-14(20)18(15)21/h4-8,22H,9-10H2,1-3H3,(H,23,25)(H,24,26). The molecule has 0 aliphatic rings. The predicted octanol–water partition coefficient (Wildman–Crippen LogP) is 4.09. The van der Waals surface area contributed by atoms with E-state index in [1.165, 1.54) is 0 Å². The van der Waals surface area contributed by atoms with E-state index in [4.69, 9.17) is 23.2 Å². The van der Waals surface area contributed by atoms with Crippen molar-refractivity contribution in [3.05, 3.63) is 57.1 Å². The quantitative estimate of drug-likeness (QED) is 0.691. The predicted molar refractivity (Wildman–Crippen MR) is 107 cm³/mol. The van der Waals surface area contributed by atoms with E-state index in [1.807, 2.05) is 32.9 Å². The van der Waals surface area contributed by atoms with Crippen LogP contribution in [0.2, 0.25) is 10.0 Å². The Morgan fingerprint density at radius 2 is 1.62 bits per heavy atom. The first-order chi connectivity index (χ1) is 12.3. The van der Waals surface area contributed by atoms with Crippen molar-refractivity contribution in [2.45, 2.75) is 20.8 Å². The zero-order valence-electron chi connectivity index (χ0n) is 14.9. The molecule has 0 radical (unpaired) electrons. The number of hydrogen-bond acceptors (Lipinski definition) is 3. The van der Waals surface area contributed by atoms with Gasteiger partial charge in [0.15, 0.2) is 0 Å². The lowest BCUT2D eigenvalue weighted by molar-refractivity contribution is -0.122. The maximum atomic E-state index is 12.1. The Kier molecular flexibility index (Phi) is 6.89. The summed E-state index contributed by atoms with van der Waals surface area (Å²) in [4.78, 5) is 24.0. The molecule has 0 atom stereocenters. The third-order valence-electron chi connectivity index (χ3n) is 3.78. The van der Waals surface area contributed by atoms with Crippen LogP contribution in [0.3, 0.4) is 0 Å². The highest BCUT2D eigenvalue weighted by atomic mass is 35.5. The van der Waals surface area contributed by atoms with Crippen molar-refractivity contribution in [1.82, 2.24) is 5.32 Å². The highest BCUT2D eigenvalue weighted by molar-refractivity contribution is 6.43. The van der Waals surface area contributed by atoms with Crippen LogP contribution in [-0.4, -0.2) is 24.9 Å². The zero-order valence-corrected chi connectivity index (χ0v) is 16.4. The summed E-state index contributed by atoms with van der Waals surface area (Å²) in [6.07, 6.45) is 0. The lowest BCUT2D eigenvalue weighted by Gasteiger charge is -2.13. The summed E-state index contributed by atoms with van der Waals surface area (Å²) in [6, 6.07) is 9.11. The van der Waals surface area contributed by atoms with Gasteiger partial charge < -0.3 is 16.0 Å². The number of carbonyl (C=O) groups excluding carboxylic acids is 2. The smallest absolute Gasteiger partial charge is 0.243 e. The summed E-state index contributed by atoms with van der Waals surface area (Å²) in [7, 11) is 0. The van der Waals surface area contributed by atoms with Crippen molar-refractivity contribution in [3.63, 3.8) is 0 Å². The van der Waals surface area contributed by atoms with E-state index in [2.05, 4.69) is 16.0 Å². The molecule has 0 heterocycles. The molecule has 0 unspecified atom stereocenters. The lowest BCUT2D eigenvalue weighted by atomic mass is 10.1. The SMILES string of the molecule is Cc1cc(C)c(NC(=O)CNC(=O)CNc2cccc(Cl)c2Cl)c(C)c1. The first-order valence-corrected chi connectivity index (χ1v) is 8.86. The van der Waals surface area contributed by atoms with Crippen molar-refractivity contribution in [2.24, 2.45) is 0 Å². The fourth-order valence-corrected chi connectivity index (χ4v) is 2.99. The van der Waals surface area contributed by atoms with Crippen molar-refractivity contribution >= 4 is 46.4 Å². The van der Waals surface area contributed by atoms with E-state index in [1.54, 1.807) is 18.2 Å². The Morgan fingerprint density at radius 3 is 2.27 bits per heavy atom. The first-order valence-electron chi connectivity index (χ1n) is 8.10. The molecule has 26 heavy (non-hydrogen) atoms. The molecule has 0 saturated heterocycles. The van der Waals surface area contributed by atoms with E-state index >= 15 is 0 Å². The van der Waals surface area contributed by atoms with E-state index in [9.17, 15) is 9.59 Å². The molecular weight excluding hydrogens is 373 g/mol. The number of amides is 2. The highest BCUT2D eigenvalue weighted by Crippen LogP contribution is 2.29. The van der Waals surface area contributed by atoms with Crippen molar-refractivity contribution in [3.8, 4) is 0 Å². The normalized spacial score (nSPS) is 10.3. The summed E-state index contributed by atoms with van der Waals surface area (Å²) in [5.41, 5.74) is 4.44. The molecule has 2 rings (SSSR count). The molecule has 2 amide bonds. The van der Waals surface area contributed by atoms with E-state index in [-0.39, 0.29) is 24.9 Å². The fourth-order valence-electron chi connectivity index (χ4n) is 2.62. The third-order valence-corrected chi connectivity index (χ3v) is 4.60. The Bertz CT molecular complexity index is 815. The minimum absolute atomic E-state index is 0.0179. The molecule has 0 fully saturated rings. The molecule has 0 bridgehead atoms. The minimum atomic E-state index is -0.325. The largest absolute Gasteiger partial charge is 0.375 e. The van der Waals surface area contributed by atoms with Crippen LogP contribution in [0.25, 0.3) is 0 Å². The van der Waals surface area contributed by atoms with E-state index < -0.39 is 0 Å². The Labute approximate surface area is 163 Å². The lowest BCUT2D eigenvalue weighted by Crippen LogP contribution is -2.36. The first kappa shape index (κ1) is 20.1. The molecule has 0 aromatic heterocycles. The Hall–Kier alpha value is -2.24. The van der Waals surface area contributed by atoms with Crippen molar-refractivity contribution in [1.29, 1.82) is 0 Å². The van der Waals surface area contributed by atoms with Crippen molar-refractivity contribution < 1.29 is 9.59 Å². The number of anilines is 2. The van der Waals surface area contributed by atoms with Gasteiger partial charge in [0.05, 0.1) is 28.8 Å². The van der Waals surface area contributed by atoms with Crippen LogP contribution in [0.4, 0.5) is 11.4 Å². The summed E-state index contributed by atoms with van der Waals surface area (Å²) in [5.74, 6) is -0.609. The molecule has 0 spiro atoms. The maximum Gasteiger partial charge on any atom is 0.243 e. The molecule has 138 valence electrons. The number of halogens is 2. The van der Waals surface area contributed by atoms with Crippen LogP contribution < -0.4 is 16.0 Å². The average Bonchev–Trinajstić information content (AvgIpc) is 2.57. The number of rotatable bonds is 6. The van der Waals surface area contributed by atoms with Gasteiger partial charge in [-0.15, -0.1) is 0 Å². The van der Waals surface area contributed by atoms with Gasteiger partial charge in [0.2, 0.25) is 11.8 Å². The third kappa shape index (κ3) is 5.38. The molecule has 0 saturated carbocycles. The molecule has 0 aliphatic carbocycles. The summed E-state index contributed by atoms with van der Waals surface area (Å²) >= 11 is 12.0. The van der Waals surface area contributed by atoms with Crippen LogP contribution in [0.15, 0.2) is 30.3 Å². The molecule has 7 heteroatoms. The molecule has 3 N–H and O–H groups in total. The van der Waals surface area contributed by atoms with Crippen LogP contribution in [0, 0.1) is 20.8 Å². The zero-order chi connectivity index (χ0) is 19.3. The van der Waals surface area contributed by atoms with Gasteiger partial charge in [0, 0.05) is 5.69 Å². The second-order valence-electron chi connectivity index (χ2n) is 6.05. The van der Waals surface area contributed by atoms with Gasteiger partial charge in [-0.05, 0) is 44.0 Å². The Balaban J connectivity index is 1.84. The molecular formula is C19H21Cl2N3O2. The molecule has 0 aliphatic heterocycles. The Morgan fingerprint density at radius 1 is 0.962 bits per heavy atom. The second-order valence-corrected chi connectivity index (χ2v) is 6.84. The van der Waals surface area contributed by atoms with Gasteiger partial charge in [-0.25, -0.2) is 0 Å². The monoisotopic (exact) mass is 393 g/mol. The van der Waals surface area contributed by atoms with Crippen molar-refractivity contribution in [2.75, 3.05) is 23.7 Å². The molecule has 5 nitrogen and oxygen atoms in total. The minimum Gasteiger partial charge on any atom is -0.375 e. The van der Waals surface area contributed by atoms with Gasteiger partial charge in [0.1, 0.15) is 0 Å². The fraction of sp³-hybridized carbons (Fsp3) is 0.263. The average molecular weight is 394 g/mol. The number of aryl methyl sites for hydroxylation is 3. The summed E-state index contributed by atoms with van der Waals surface area (Å²) in [5, 5.41) is 9.05. The van der Waals surface area contributed by atoms with Crippen LogP contribution >= 0.6 is 23.2 Å². The second kappa shape index (κ2) is 8.92.